The summed E-state index contributed by atoms with van der Waals surface area (Å²) in [7, 11) is 0. The van der Waals surface area contributed by atoms with Crippen molar-refractivity contribution < 1.29 is 9.90 Å². The van der Waals surface area contributed by atoms with Gasteiger partial charge in [0.05, 0.1) is 5.92 Å². The molecule has 1 unspecified atom stereocenters. The van der Waals surface area contributed by atoms with E-state index in [-0.39, 0.29) is 5.92 Å². The second-order valence-corrected chi connectivity index (χ2v) is 4.51. The number of aliphatic carboxylic acids is 1. The van der Waals surface area contributed by atoms with Crippen LogP contribution in [0.25, 0.3) is 0 Å². The molecule has 0 spiro atoms. The fourth-order valence-corrected chi connectivity index (χ4v) is 2.52. The molecule has 1 aromatic rings. The number of carbonyl (C=O) groups is 1. The summed E-state index contributed by atoms with van der Waals surface area (Å²) >= 11 is 3.47. The van der Waals surface area contributed by atoms with Crippen LogP contribution in [0.3, 0.4) is 0 Å². The largest absolute Gasteiger partial charge is 0.481 e. The van der Waals surface area contributed by atoms with Crippen molar-refractivity contribution in [3.05, 3.63) is 33.8 Å². The van der Waals surface area contributed by atoms with Gasteiger partial charge in [-0.1, -0.05) is 28.1 Å². The van der Waals surface area contributed by atoms with E-state index in [4.69, 9.17) is 5.11 Å². The number of hydrogen-bond acceptors (Lipinski definition) is 1. The van der Waals surface area contributed by atoms with Crippen molar-refractivity contribution in [1.29, 1.82) is 0 Å². The van der Waals surface area contributed by atoms with Gasteiger partial charge in [0.2, 0.25) is 0 Å². The van der Waals surface area contributed by atoms with E-state index in [1.807, 2.05) is 12.1 Å². The Labute approximate surface area is 91.1 Å². The second kappa shape index (κ2) is 3.73. The van der Waals surface area contributed by atoms with E-state index in [0.29, 0.717) is 6.42 Å². The predicted molar refractivity (Wildman–Crippen MR) is 57.3 cm³/mol. The number of aryl methyl sites for hydroxylation is 1. The number of hydrogen-bond donors (Lipinski definition) is 1. The number of benzene rings is 1. The van der Waals surface area contributed by atoms with Crippen LogP contribution >= 0.6 is 15.9 Å². The number of halogens is 1. The highest BCUT2D eigenvalue weighted by molar-refractivity contribution is 9.10. The summed E-state index contributed by atoms with van der Waals surface area (Å²) < 4.78 is 1.04. The number of rotatable bonds is 1. The molecule has 0 saturated carbocycles. The Morgan fingerprint density at radius 1 is 1.50 bits per heavy atom. The highest BCUT2D eigenvalue weighted by Crippen LogP contribution is 2.30. The van der Waals surface area contributed by atoms with Gasteiger partial charge in [0.15, 0.2) is 0 Å². The molecular formula is C11H11BrO2. The first-order chi connectivity index (χ1) is 6.68. The maximum atomic E-state index is 10.9. The Bertz CT molecular complexity index is 374. The van der Waals surface area contributed by atoms with Crippen molar-refractivity contribution >= 4 is 21.9 Å². The third kappa shape index (κ3) is 1.69. The average Bonchev–Trinajstić information content (AvgIpc) is 2.18. The highest BCUT2D eigenvalue weighted by atomic mass is 79.9. The van der Waals surface area contributed by atoms with Crippen LogP contribution in [0.1, 0.15) is 17.5 Å². The predicted octanol–water partition coefficient (Wildman–Crippen LogP) is 2.64. The summed E-state index contributed by atoms with van der Waals surface area (Å²) in [6.45, 7) is 0. The standard InChI is InChI=1S/C11H11BrO2/c12-10-3-1-2-7-4-5-8(11(13)14)6-9(7)10/h1-3,8H,4-6H2,(H,13,14). The zero-order chi connectivity index (χ0) is 10.1. The fraction of sp³-hybridized carbons (Fsp3) is 0.364. The molecule has 1 N–H and O–H groups in total. The molecule has 0 bridgehead atoms. The van der Waals surface area contributed by atoms with E-state index >= 15 is 0 Å². The molecule has 0 heterocycles. The van der Waals surface area contributed by atoms with Crippen molar-refractivity contribution in [3.8, 4) is 0 Å². The van der Waals surface area contributed by atoms with Crippen molar-refractivity contribution in [2.24, 2.45) is 5.92 Å². The summed E-state index contributed by atoms with van der Waals surface area (Å²) in [5, 5.41) is 8.94. The van der Waals surface area contributed by atoms with Gasteiger partial charge in [0.25, 0.3) is 0 Å². The summed E-state index contributed by atoms with van der Waals surface area (Å²) in [6, 6.07) is 6.06. The molecule has 3 heteroatoms. The lowest BCUT2D eigenvalue weighted by Crippen LogP contribution is -2.22. The first-order valence-corrected chi connectivity index (χ1v) is 5.47. The molecule has 0 radical (unpaired) electrons. The van der Waals surface area contributed by atoms with E-state index in [9.17, 15) is 4.79 Å². The van der Waals surface area contributed by atoms with Gasteiger partial charge in [-0.25, -0.2) is 0 Å². The summed E-state index contributed by atoms with van der Waals surface area (Å²) in [6.07, 6.45) is 2.30. The van der Waals surface area contributed by atoms with Crippen LogP contribution in [0.2, 0.25) is 0 Å². The van der Waals surface area contributed by atoms with Crippen LogP contribution in [0.5, 0.6) is 0 Å². The average molecular weight is 255 g/mol. The Morgan fingerprint density at radius 3 is 3.00 bits per heavy atom. The minimum atomic E-state index is -0.675. The van der Waals surface area contributed by atoms with Crippen LogP contribution in [-0.4, -0.2) is 11.1 Å². The zero-order valence-corrected chi connectivity index (χ0v) is 9.25. The van der Waals surface area contributed by atoms with Gasteiger partial charge in [-0.15, -0.1) is 0 Å². The molecular weight excluding hydrogens is 244 g/mol. The van der Waals surface area contributed by atoms with Crippen LogP contribution < -0.4 is 0 Å². The molecule has 1 aromatic carbocycles. The normalized spacial score (nSPS) is 20.2. The molecule has 0 fully saturated rings. The van der Waals surface area contributed by atoms with Gasteiger partial charge in [-0.2, -0.15) is 0 Å². The van der Waals surface area contributed by atoms with E-state index in [2.05, 4.69) is 22.0 Å². The number of carboxylic acid groups (broad SMARTS) is 1. The van der Waals surface area contributed by atoms with Crippen LogP contribution in [0.15, 0.2) is 22.7 Å². The monoisotopic (exact) mass is 254 g/mol. The lowest BCUT2D eigenvalue weighted by Gasteiger charge is -2.22. The topological polar surface area (TPSA) is 37.3 Å². The molecule has 74 valence electrons. The quantitative estimate of drug-likeness (QED) is 0.837. The van der Waals surface area contributed by atoms with E-state index < -0.39 is 5.97 Å². The van der Waals surface area contributed by atoms with Crippen molar-refractivity contribution in [3.63, 3.8) is 0 Å². The molecule has 1 atom stereocenters. The molecule has 0 aromatic heterocycles. The van der Waals surface area contributed by atoms with Crippen molar-refractivity contribution in [1.82, 2.24) is 0 Å². The second-order valence-electron chi connectivity index (χ2n) is 3.66. The third-order valence-electron chi connectivity index (χ3n) is 2.78. The Balaban J connectivity index is 2.33. The van der Waals surface area contributed by atoms with E-state index in [1.54, 1.807) is 0 Å². The van der Waals surface area contributed by atoms with E-state index in [0.717, 1.165) is 17.3 Å². The molecule has 0 aliphatic heterocycles. The molecule has 2 rings (SSSR count). The van der Waals surface area contributed by atoms with Gasteiger partial charge in [-0.05, 0) is 36.5 Å². The minimum Gasteiger partial charge on any atom is -0.481 e. The Hall–Kier alpha value is -0.830. The van der Waals surface area contributed by atoms with Gasteiger partial charge < -0.3 is 5.11 Å². The SMILES string of the molecule is O=C(O)C1CCc2cccc(Br)c2C1. The van der Waals surface area contributed by atoms with Crippen LogP contribution in [0, 0.1) is 5.92 Å². The van der Waals surface area contributed by atoms with Crippen LogP contribution in [-0.2, 0) is 17.6 Å². The maximum absolute atomic E-state index is 10.9. The van der Waals surface area contributed by atoms with Crippen molar-refractivity contribution in [2.45, 2.75) is 19.3 Å². The Kier molecular flexibility index (Phi) is 2.59. The first kappa shape index (κ1) is 9.71. The first-order valence-electron chi connectivity index (χ1n) is 4.67. The van der Waals surface area contributed by atoms with Crippen molar-refractivity contribution in [2.75, 3.05) is 0 Å². The van der Waals surface area contributed by atoms with Gasteiger partial charge in [-0.3, -0.25) is 4.79 Å². The fourth-order valence-electron chi connectivity index (χ4n) is 1.96. The molecule has 2 nitrogen and oxygen atoms in total. The summed E-state index contributed by atoms with van der Waals surface area (Å²) in [5.41, 5.74) is 2.46. The molecule has 0 saturated heterocycles. The lowest BCUT2D eigenvalue weighted by molar-refractivity contribution is -0.142. The maximum Gasteiger partial charge on any atom is 0.306 e. The molecule has 1 aliphatic carbocycles. The lowest BCUT2D eigenvalue weighted by atomic mass is 9.84. The third-order valence-corrected chi connectivity index (χ3v) is 3.52. The number of fused-ring (bicyclic) bond motifs is 1. The van der Waals surface area contributed by atoms with Crippen LogP contribution in [0.4, 0.5) is 0 Å². The van der Waals surface area contributed by atoms with Gasteiger partial charge in [0, 0.05) is 4.47 Å². The zero-order valence-electron chi connectivity index (χ0n) is 7.66. The van der Waals surface area contributed by atoms with Gasteiger partial charge in [0.1, 0.15) is 0 Å². The molecule has 14 heavy (non-hydrogen) atoms. The van der Waals surface area contributed by atoms with Gasteiger partial charge >= 0.3 is 5.97 Å². The molecule has 0 amide bonds. The minimum absolute atomic E-state index is 0.207. The Morgan fingerprint density at radius 2 is 2.29 bits per heavy atom. The summed E-state index contributed by atoms with van der Waals surface area (Å²) in [4.78, 5) is 10.9. The highest BCUT2D eigenvalue weighted by Gasteiger charge is 2.25. The smallest absolute Gasteiger partial charge is 0.306 e. The number of carboxylic acids is 1. The van der Waals surface area contributed by atoms with E-state index in [1.165, 1.54) is 11.1 Å². The molecule has 1 aliphatic rings. The summed E-state index contributed by atoms with van der Waals surface area (Å²) in [5.74, 6) is -0.882.